The molecule has 0 aromatic heterocycles. The highest BCUT2D eigenvalue weighted by atomic mass is 16.4. The predicted octanol–water partition coefficient (Wildman–Crippen LogP) is 4.34. The molecule has 3 aromatic carbocycles. The van der Waals surface area contributed by atoms with Gasteiger partial charge in [0.15, 0.2) is 0 Å². The van der Waals surface area contributed by atoms with Crippen molar-refractivity contribution in [3.05, 3.63) is 95.6 Å². The first-order valence-electron chi connectivity index (χ1n) is 7.91. The number of rotatable bonds is 6. The zero-order chi connectivity index (χ0) is 16.8. The number of benzene rings is 3. The van der Waals surface area contributed by atoms with Crippen LogP contribution in [0.2, 0.25) is 0 Å². The zero-order valence-corrected chi connectivity index (χ0v) is 13.3. The number of hydrogen-bond acceptors (Lipinski definition) is 2. The van der Waals surface area contributed by atoms with E-state index in [1.54, 1.807) is 12.1 Å². The Kier molecular flexibility index (Phi) is 5.04. The summed E-state index contributed by atoms with van der Waals surface area (Å²) in [7, 11) is 0. The van der Waals surface area contributed by atoms with Gasteiger partial charge >= 0.3 is 5.97 Å². The van der Waals surface area contributed by atoms with E-state index < -0.39 is 5.97 Å². The van der Waals surface area contributed by atoms with Crippen LogP contribution >= 0.6 is 0 Å². The average molecular weight is 317 g/mol. The Morgan fingerprint density at radius 3 is 2.12 bits per heavy atom. The Balaban J connectivity index is 1.82. The first-order valence-corrected chi connectivity index (χ1v) is 7.91. The third-order valence-corrected chi connectivity index (χ3v) is 3.95. The lowest BCUT2D eigenvalue weighted by Gasteiger charge is -2.13. The molecule has 24 heavy (non-hydrogen) atoms. The van der Waals surface area contributed by atoms with Gasteiger partial charge in [-0.25, -0.2) is 4.79 Å². The fourth-order valence-electron chi connectivity index (χ4n) is 2.78. The molecule has 0 aliphatic rings. The molecular formula is C21H19NO2. The van der Waals surface area contributed by atoms with Crippen molar-refractivity contribution in [2.75, 3.05) is 0 Å². The minimum Gasteiger partial charge on any atom is -0.478 e. The zero-order valence-electron chi connectivity index (χ0n) is 13.3. The summed E-state index contributed by atoms with van der Waals surface area (Å²) >= 11 is 0. The molecular weight excluding hydrogens is 298 g/mol. The number of carbonyl (C=O) groups is 1. The van der Waals surface area contributed by atoms with Crippen LogP contribution in [0.4, 0.5) is 0 Å². The van der Waals surface area contributed by atoms with Crippen molar-refractivity contribution >= 4 is 5.97 Å². The van der Waals surface area contributed by atoms with Gasteiger partial charge in [-0.1, -0.05) is 72.8 Å². The molecule has 0 heterocycles. The highest BCUT2D eigenvalue weighted by molar-refractivity contribution is 5.96. The van der Waals surface area contributed by atoms with Crippen LogP contribution in [0.25, 0.3) is 11.1 Å². The summed E-state index contributed by atoms with van der Waals surface area (Å²) in [6, 6.07) is 25.3. The highest BCUT2D eigenvalue weighted by Gasteiger charge is 2.13. The lowest BCUT2D eigenvalue weighted by molar-refractivity contribution is 0.0697. The van der Waals surface area contributed by atoms with Crippen molar-refractivity contribution in [3.63, 3.8) is 0 Å². The van der Waals surface area contributed by atoms with Crippen LogP contribution in [0.3, 0.4) is 0 Å². The third-order valence-electron chi connectivity index (χ3n) is 3.95. The number of hydrogen-bond donors (Lipinski definition) is 2. The normalized spacial score (nSPS) is 10.5. The molecule has 0 unspecified atom stereocenters. The standard InChI is InChI=1S/C21H19NO2/c23-21(24)20-13-7-6-12-19(20)18-11-5-4-10-17(18)15-22-14-16-8-2-1-3-9-16/h1-13,22H,14-15H2,(H,23,24). The summed E-state index contributed by atoms with van der Waals surface area (Å²) < 4.78 is 0. The van der Waals surface area contributed by atoms with E-state index in [4.69, 9.17) is 0 Å². The topological polar surface area (TPSA) is 49.3 Å². The molecule has 0 radical (unpaired) electrons. The maximum atomic E-state index is 11.5. The molecule has 3 rings (SSSR count). The molecule has 3 aromatic rings. The monoisotopic (exact) mass is 317 g/mol. The predicted molar refractivity (Wildman–Crippen MR) is 95.8 cm³/mol. The molecule has 0 amide bonds. The van der Waals surface area contributed by atoms with E-state index >= 15 is 0 Å². The van der Waals surface area contributed by atoms with Gasteiger partial charge in [0.05, 0.1) is 5.56 Å². The summed E-state index contributed by atoms with van der Waals surface area (Å²) in [6.07, 6.45) is 0. The Morgan fingerprint density at radius 2 is 1.38 bits per heavy atom. The summed E-state index contributed by atoms with van der Waals surface area (Å²) in [5.41, 5.74) is 4.34. The molecule has 0 fully saturated rings. The van der Waals surface area contributed by atoms with Gasteiger partial charge in [-0.3, -0.25) is 0 Å². The molecule has 120 valence electrons. The van der Waals surface area contributed by atoms with E-state index in [0.717, 1.165) is 23.2 Å². The number of nitrogens with one attached hydrogen (secondary N) is 1. The number of carboxylic acids is 1. The van der Waals surface area contributed by atoms with Gasteiger partial charge in [0, 0.05) is 13.1 Å². The minimum atomic E-state index is -0.905. The lowest BCUT2D eigenvalue weighted by atomic mass is 9.95. The van der Waals surface area contributed by atoms with Gasteiger partial charge in [-0.15, -0.1) is 0 Å². The van der Waals surface area contributed by atoms with E-state index in [0.29, 0.717) is 12.1 Å². The van der Waals surface area contributed by atoms with Crippen LogP contribution in [0.15, 0.2) is 78.9 Å². The van der Waals surface area contributed by atoms with Crippen molar-refractivity contribution in [1.82, 2.24) is 5.32 Å². The fourth-order valence-corrected chi connectivity index (χ4v) is 2.78. The van der Waals surface area contributed by atoms with Crippen LogP contribution in [0.5, 0.6) is 0 Å². The average Bonchev–Trinajstić information content (AvgIpc) is 2.63. The largest absolute Gasteiger partial charge is 0.478 e. The van der Waals surface area contributed by atoms with E-state index in [9.17, 15) is 9.90 Å². The molecule has 0 bridgehead atoms. The fraction of sp³-hybridized carbons (Fsp3) is 0.0952. The Bertz CT molecular complexity index is 828. The summed E-state index contributed by atoms with van der Waals surface area (Å²) in [5, 5.41) is 12.9. The van der Waals surface area contributed by atoms with E-state index in [2.05, 4.69) is 17.4 Å². The van der Waals surface area contributed by atoms with Crippen molar-refractivity contribution in [2.45, 2.75) is 13.1 Å². The smallest absolute Gasteiger partial charge is 0.336 e. The van der Waals surface area contributed by atoms with Gasteiger partial charge in [0.25, 0.3) is 0 Å². The second-order valence-corrected chi connectivity index (χ2v) is 5.60. The summed E-state index contributed by atoms with van der Waals surface area (Å²) in [6.45, 7) is 1.45. The van der Waals surface area contributed by atoms with Gasteiger partial charge in [-0.2, -0.15) is 0 Å². The number of aromatic carboxylic acids is 1. The van der Waals surface area contributed by atoms with Crippen molar-refractivity contribution in [2.24, 2.45) is 0 Å². The van der Waals surface area contributed by atoms with Crippen LogP contribution in [-0.4, -0.2) is 11.1 Å². The highest BCUT2D eigenvalue weighted by Crippen LogP contribution is 2.27. The van der Waals surface area contributed by atoms with Crippen LogP contribution in [-0.2, 0) is 13.1 Å². The Labute approximate surface area is 141 Å². The molecule has 0 atom stereocenters. The Morgan fingerprint density at radius 1 is 0.750 bits per heavy atom. The number of carboxylic acid groups (broad SMARTS) is 1. The van der Waals surface area contributed by atoms with E-state index in [1.165, 1.54) is 5.56 Å². The van der Waals surface area contributed by atoms with Gasteiger partial charge in [0.1, 0.15) is 0 Å². The Hall–Kier alpha value is -2.91. The van der Waals surface area contributed by atoms with Gasteiger partial charge in [-0.05, 0) is 28.3 Å². The molecule has 0 aliphatic heterocycles. The van der Waals surface area contributed by atoms with Gasteiger partial charge < -0.3 is 10.4 Å². The van der Waals surface area contributed by atoms with Crippen molar-refractivity contribution in [3.8, 4) is 11.1 Å². The van der Waals surface area contributed by atoms with E-state index in [-0.39, 0.29) is 0 Å². The van der Waals surface area contributed by atoms with Gasteiger partial charge in [0.2, 0.25) is 0 Å². The second-order valence-electron chi connectivity index (χ2n) is 5.60. The van der Waals surface area contributed by atoms with Crippen LogP contribution < -0.4 is 5.32 Å². The molecule has 3 heteroatoms. The SMILES string of the molecule is O=C(O)c1ccccc1-c1ccccc1CNCc1ccccc1. The summed E-state index contributed by atoms with van der Waals surface area (Å²) in [5.74, 6) is -0.905. The molecule has 0 aliphatic carbocycles. The molecule has 0 spiro atoms. The maximum absolute atomic E-state index is 11.5. The minimum absolute atomic E-state index is 0.327. The molecule has 0 saturated heterocycles. The third kappa shape index (κ3) is 3.70. The molecule has 0 saturated carbocycles. The van der Waals surface area contributed by atoms with E-state index in [1.807, 2.05) is 54.6 Å². The lowest BCUT2D eigenvalue weighted by Crippen LogP contribution is -2.13. The van der Waals surface area contributed by atoms with Crippen LogP contribution in [0.1, 0.15) is 21.5 Å². The quantitative estimate of drug-likeness (QED) is 0.711. The second kappa shape index (κ2) is 7.57. The van der Waals surface area contributed by atoms with Crippen molar-refractivity contribution in [1.29, 1.82) is 0 Å². The first kappa shape index (κ1) is 16.0. The molecule has 2 N–H and O–H groups in total. The first-order chi connectivity index (χ1) is 11.8. The van der Waals surface area contributed by atoms with Crippen molar-refractivity contribution < 1.29 is 9.90 Å². The molecule has 3 nitrogen and oxygen atoms in total. The summed E-state index contributed by atoms with van der Waals surface area (Å²) in [4.78, 5) is 11.5. The van der Waals surface area contributed by atoms with Crippen LogP contribution in [0, 0.1) is 0 Å². The maximum Gasteiger partial charge on any atom is 0.336 e.